The van der Waals surface area contributed by atoms with Crippen LogP contribution in [0.1, 0.15) is 28.8 Å². The van der Waals surface area contributed by atoms with E-state index in [1.54, 1.807) is 36.2 Å². The summed E-state index contributed by atoms with van der Waals surface area (Å²) in [5.41, 5.74) is 0.619. The molecule has 7 nitrogen and oxygen atoms in total. The van der Waals surface area contributed by atoms with Crippen LogP contribution in [0.15, 0.2) is 24.3 Å². The molecule has 0 radical (unpaired) electrons. The Labute approximate surface area is 158 Å². The molecule has 0 bridgehead atoms. The molecule has 0 unspecified atom stereocenters. The number of nitrogens with one attached hydrogen (secondary N) is 1. The van der Waals surface area contributed by atoms with E-state index in [0.717, 1.165) is 6.54 Å². The zero-order chi connectivity index (χ0) is 19.0. The second-order valence-electron chi connectivity index (χ2n) is 7.85. The van der Waals surface area contributed by atoms with Gasteiger partial charge in [0.1, 0.15) is 11.6 Å². The van der Waals surface area contributed by atoms with Gasteiger partial charge in [-0.25, -0.2) is 0 Å². The van der Waals surface area contributed by atoms with Gasteiger partial charge in [-0.05, 0) is 37.0 Å². The predicted molar refractivity (Wildman–Crippen MR) is 97.9 cm³/mol. The topological polar surface area (TPSA) is 85.7 Å². The Morgan fingerprint density at radius 2 is 2.11 bits per heavy atom. The number of nitrogens with zero attached hydrogens (tertiary/aromatic N) is 3. The fourth-order valence-electron chi connectivity index (χ4n) is 4.01. The number of rotatable bonds is 4. The van der Waals surface area contributed by atoms with Crippen molar-refractivity contribution in [1.82, 2.24) is 15.1 Å². The summed E-state index contributed by atoms with van der Waals surface area (Å²) in [7, 11) is 1.65. The zero-order valence-corrected chi connectivity index (χ0v) is 15.5. The van der Waals surface area contributed by atoms with Gasteiger partial charge in [-0.3, -0.25) is 14.5 Å². The molecule has 0 aromatic heterocycles. The van der Waals surface area contributed by atoms with Gasteiger partial charge in [-0.15, -0.1) is 0 Å². The lowest BCUT2D eigenvalue weighted by Gasteiger charge is -2.55. The first kappa shape index (κ1) is 18.0. The number of nitriles is 1. The second-order valence-corrected chi connectivity index (χ2v) is 7.85. The Hall–Kier alpha value is -2.43. The summed E-state index contributed by atoms with van der Waals surface area (Å²) in [6.45, 7) is 2.98. The second kappa shape index (κ2) is 6.95. The maximum absolute atomic E-state index is 12.7. The number of hydrogen-bond donors (Lipinski definition) is 1. The zero-order valence-electron chi connectivity index (χ0n) is 15.5. The molecule has 2 saturated heterocycles. The number of carbonyl (C=O) groups excluding carboxylic acids is 2. The number of likely N-dealkylation sites (tertiary alicyclic amines) is 1. The lowest BCUT2D eigenvalue weighted by atomic mass is 9.89. The molecule has 2 aliphatic heterocycles. The molecule has 142 valence electrons. The van der Waals surface area contributed by atoms with E-state index in [1.807, 2.05) is 0 Å². The molecule has 1 saturated carbocycles. The number of likely N-dealkylation sites (N-methyl/N-ethyl adjacent to an activating group) is 1. The highest BCUT2D eigenvalue weighted by molar-refractivity contribution is 5.95. The van der Waals surface area contributed by atoms with Crippen molar-refractivity contribution in [2.75, 3.05) is 39.8 Å². The molecule has 3 aliphatic rings. The van der Waals surface area contributed by atoms with Crippen LogP contribution in [0.5, 0.6) is 0 Å². The van der Waals surface area contributed by atoms with Gasteiger partial charge in [0.25, 0.3) is 5.91 Å². The Balaban J connectivity index is 1.41. The molecule has 2 amide bonds. The van der Waals surface area contributed by atoms with Gasteiger partial charge < -0.3 is 15.0 Å². The number of benzene rings is 1. The van der Waals surface area contributed by atoms with Crippen molar-refractivity contribution in [3.8, 4) is 6.07 Å². The minimum atomic E-state index is -0.387. The molecule has 1 aromatic rings. The van der Waals surface area contributed by atoms with E-state index < -0.39 is 0 Å². The lowest BCUT2D eigenvalue weighted by Crippen LogP contribution is -2.73. The highest BCUT2D eigenvalue weighted by atomic mass is 16.5. The molecule has 3 fully saturated rings. The quantitative estimate of drug-likeness (QED) is 0.842. The van der Waals surface area contributed by atoms with E-state index in [4.69, 9.17) is 10.00 Å². The normalized spacial score (nSPS) is 24.1. The van der Waals surface area contributed by atoms with Gasteiger partial charge in [-0.1, -0.05) is 6.07 Å². The van der Waals surface area contributed by atoms with Gasteiger partial charge in [0, 0.05) is 25.7 Å². The van der Waals surface area contributed by atoms with Crippen molar-refractivity contribution in [1.29, 1.82) is 5.26 Å². The number of carbonyl (C=O) groups is 2. The molecule has 1 spiro atoms. The fraction of sp³-hybridized carbons (Fsp3) is 0.550. The summed E-state index contributed by atoms with van der Waals surface area (Å²) >= 11 is 0. The van der Waals surface area contributed by atoms with Crippen molar-refractivity contribution in [3.05, 3.63) is 35.4 Å². The lowest BCUT2D eigenvalue weighted by molar-refractivity contribution is -0.191. The number of hydrogen-bond acceptors (Lipinski definition) is 5. The van der Waals surface area contributed by atoms with Crippen LogP contribution in [0.3, 0.4) is 0 Å². The maximum Gasteiger partial charge on any atom is 0.254 e. The molecular formula is C20H24N4O3. The molecule has 27 heavy (non-hydrogen) atoms. The first-order valence-corrected chi connectivity index (χ1v) is 9.43. The standard InChI is InChI=1S/C20H24N4O3/c1-22-18(25)17-10-27-20(11-23(17)9-14-5-6-14)12-24(13-20)19(26)16-4-2-3-15(7-16)8-21/h2-4,7,14,17H,5-6,9-13H2,1H3,(H,22,25)/t17-/m0/s1. The van der Waals surface area contributed by atoms with Crippen LogP contribution in [0.4, 0.5) is 0 Å². The Morgan fingerprint density at radius 3 is 2.78 bits per heavy atom. The van der Waals surface area contributed by atoms with Gasteiger partial charge in [0.15, 0.2) is 0 Å². The molecule has 1 aromatic carbocycles. The van der Waals surface area contributed by atoms with Crippen LogP contribution in [-0.2, 0) is 9.53 Å². The third-order valence-electron chi connectivity index (χ3n) is 5.70. The molecule has 7 heteroatoms. The van der Waals surface area contributed by atoms with E-state index >= 15 is 0 Å². The minimum absolute atomic E-state index is 0.00826. The van der Waals surface area contributed by atoms with Crippen LogP contribution >= 0.6 is 0 Å². The Bertz CT molecular complexity index is 793. The summed E-state index contributed by atoms with van der Waals surface area (Å²) in [4.78, 5) is 28.9. The van der Waals surface area contributed by atoms with Gasteiger partial charge in [0.05, 0.1) is 31.3 Å². The highest BCUT2D eigenvalue weighted by Crippen LogP contribution is 2.36. The van der Waals surface area contributed by atoms with E-state index in [9.17, 15) is 9.59 Å². The van der Waals surface area contributed by atoms with Crippen LogP contribution in [-0.4, -0.2) is 73.1 Å². The van der Waals surface area contributed by atoms with Gasteiger partial charge in [0.2, 0.25) is 5.91 Å². The van der Waals surface area contributed by atoms with Crippen molar-refractivity contribution in [2.24, 2.45) is 5.92 Å². The van der Waals surface area contributed by atoms with Crippen LogP contribution in [0.2, 0.25) is 0 Å². The monoisotopic (exact) mass is 368 g/mol. The largest absolute Gasteiger partial charge is 0.368 e. The third-order valence-corrected chi connectivity index (χ3v) is 5.70. The summed E-state index contributed by atoms with van der Waals surface area (Å²) in [5.74, 6) is 0.591. The molecule has 2 heterocycles. The average Bonchev–Trinajstić information content (AvgIpc) is 3.49. The summed E-state index contributed by atoms with van der Waals surface area (Å²) in [6.07, 6.45) is 2.45. The van der Waals surface area contributed by atoms with Crippen LogP contribution in [0, 0.1) is 17.2 Å². The Kier molecular flexibility index (Phi) is 4.62. The van der Waals surface area contributed by atoms with Gasteiger partial charge in [-0.2, -0.15) is 5.26 Å². The number of ether oxygens (including phenoxy) is 1. The van der Waals surface area contributed by atoms with E-state index in [0.29, 0.717) is 43.3 Å². The maximum atomic E-state index is 12.7. The smallest absolute Gasteiger partial charge is 0.254 e. The summed E-state index contributed by atoms with van der Waals surface area (Å²) < 4.78 is 6.08. The van der Waals surface area contributed by atoms with Gasteiger partial charge >= 0.3 is 0 Å². The van der Waals surface area contributed by atoms with Crippen molar-refractivity contribution in [2.45, 2.75) is 24.5 Å². The SMILES string of the molecule is CNC(=O)[C@@H]1COC2(CN(C(=O)c3cccc(C#N)c3)C2)CN1CC1CC1. The van der Waals surface area contributed by atoms with Crippen LogP contribution in [0.25, 0.3) is 0 Å². The van der Waals surface area contributed by atoms with Crippen molar-refractivity contribution >= 4 is 11.8 Å². The van der Waals surface area contributed by atoms with E-state index in [-0.39, 0.29) is 23.5 Å². The average molecular weight is 368 g/mol. The highest BCUT2D eigenvalue weighted by Gasteiger charge is 2.52. The number of morpholine rings is 1. The number of amides is 2. The van der Waals surface area contributed by atoms with E-state index in [2.05, 4.69) is 16.3 Å². The molecular weight excluding hydrogens is 344 g/mol. The van der Waals surface area contributed by atoms with E-state index in [1.165, 1.54) is 12.8 Å². The predicted octanol–water partition coefficient (Wildman–Crippen LogP) is 0.610. The fourth-order valence-corrected chi connectivity index (χ4v) is 4.01. The molecule has 4 rings (SSSR count). The first-order valence-electron chi connectivity index (χ1n) is 9.43. The van der Waals surface area contributed by atoms with Crippen molar-refractivity contribution < 1.29 is 14.3 Å². The first-order chi connectivity index (χ1) is 13.0. The molecule has 1 atom stereocenters. The molecule has 1 aliphatic carbocycles. The molecule has 1 N–H and O–H groups in total. The summed E-state index contributed by atoms with van der Waals surface area (Å²) in [5, 5.41) is 11.7. The van der Waals surface area contributed by atoms with Crippen molar-refractivity contribution in [3.63, 3.8) is 0 Å². The summed E-state index contributed by atoms with van der Waals surface area (Å²) in [6, 6.07) is 8.58. The minimum Gasteiger partial charge on any atom is -0.368 e. The van der Waals surface area contributed by atoms with Crippen LogP contribution < -0.4 is 5.32 Å². The Morgan fingerprint density at radius 1 is 1.33 bits per heavy atom. The third kappa shape index (κ3) is 3.55.